The molecule has 0 N–H and O–H groups in total. The molecule has 2 fully saturated rings. The van der Waals surface area contributed by atoms with Crippen LogP contribution in [0.3, 0.4) is 0 Å². The van der Waals surface area contributed by atoms with Crippen molar-refractivity contribution in [3.8, 4) is 0 Å². The molecule has 0 unspecified atom stereocenters. The van der Waals surface area contributed by atoms with Gasteiger partial charge in [0.1, 0.15) is 0 Å². The van der Waals surface area contributed by atoms with Gasteiger partial charge in [0.05, 0.1) is 31.5 Å². The Morgan fingerprint density at radius 2 is 1.00 bits per heavy atom. The van der Waals surface area contributed by atoms with Gasteiger partial charge in [-0.25, -0.2) is 9.59 Å². The van der Waals surface area contributed by atoms with E-state index in [1.54, 1.807) is 0 Å². The Bertz CT molecular complexity index is 1120. The molecule has 2 aromatic carbocycles. The molecular weight excluding hydrogens is 518 g/mol. The minimum absolute atomic E-state index is 0.145. The normalized spacial score (nSPS) is 21.2. The lowest BCUT2D eigenvalue weighted by molar-refractivity contribution is -0.146. The second-order valence-corrected chi connectivity index (χ2v) is 8.77. The van der Waals surface area contributed by atoms with Gasteiger partial charge in [-0.15, -0.1) is 0 Å². The highest BCUT2D eigenvalue weighted by molar-refractivity contribution is 6.42. The van der Waals surface area contributed by atoms with Crippen molar-refractivity contribution < 1.29 is 23.9 Å². The number of amides is 6. The summed E-state index contributed by atoms with van der Waals surface area (Å²) < 4.78 is 5.83. The summed E-state index contributed by atoms with van der Waals surface area (Å²) in [6, 6.07) is 7.19. The summed E-state index contributed by atoms with van der Waals surface area (Å²) in [7, 11) is 2.53. The van der Waals surface area contributed by atoms with Gasteiger partial charge < -0.3 is 4.74 Å². The van der Waals surface area contributed by atoms with Crippen LogP contribution in [0, 0.1) is 0 Å². The minimum atomic E-state index is -1.56. The molecule has 6 amide bonds. The number of carbonyl (C=O) groups is 4. The second-order valence-electron chi connectivity index (χ2n) is 7.14. The Morgan fingerprint density at radius 3 is 1.33 bits per heavy atom. The maximum absolute atomic E-state index is 12.9. The van der Waals surface area contributed by atoms with Crippen LogP contribution in [0.1, 0.15) is 0 Å². The Kier molecular flexibility index (Phi) is 6.19. The molecule has 4 rings (SSSR count). The summed E-state index contributed by atoms with van der Waals surface area (Å²) in [6.45, 7) is 0. The molecule has 2 saturated heterocycles. The second kappa shape index (κ2) is 8.66. The zero-order valence-electron chi connectivity index (χ0n) is 17.0. The number of carbonyl (C=O) groups excluding carboxylic acids is 4. The monoisotopic (exact) mass is 530 g/mol. The lowest BCUT2D eigenvalue weighted by atomic mass is 10.3. The number of ether oxygens (including phenoxy) is 1. The molecule has 2 aromatic rings. The quantitative estimate of drug-likeness (QED) is 0.543. The molecule has 0 bridgehead atoms. The fourth-order valence-corrected chi connectivity index (χ4v) is 3.97. The van der Waals surface area contributed by atoms with Gasteiger partial charge in [-0.3, -0.25) is 29.2 Å². The number of benzene rings is 2. The van der Waals surface area contributed by atoms with Crippen molar-refractivity contribution in [1.29, 1.82) is 0 Å². The highest BCUT2D eigenvalue weighted by Gasteiger charge is 2.52. The molecule has 172 valence electrons. The van der Waals surface area contributed by atoms with E-state index in [-0.39, 0.29) is 31.5 Å². The minimum Gasteiger partial charge on any atom is -0.315 e. The third-order valence-electron chi connectivity index (χ3n) is 5.16. The molecule has 0 aromatic heterocycles. The summed E-state index contributed by atoms with van der Waals surface area (Å²) in [5.41, 5.74) is 0.423. The standard InChI is InChI=1S/C20H14Cl4N4O5/c1-25-15(29)17(27(19(25)31)9-3-5-11(21)13(23)7-9)33-18-16(30)26(2)20(32)28(18)10-4-6-12(22)14(24)8-10/h3-8,17-18H,1-2H3/t17-,18+. The predicted octanol–water partition coefficient (Wildman–Crippen LogP) is 4.47. The van der Waals surface area contributed by atoms with E-state index in [4.69, 9.17) is 51.1 Å². The summed E-state index contributed by atoms with van der Waals surface area (Å²) in [5.74, 6) is -1.48. The van der Waals surface area contributed by atoms with Gasteiger partial charge in [-0.2, -0.15) is 0 Å². The third kappa shape index (κ3) is 3.89. The maximum Gasteiger partial charge on any atom is 0.333 e. The Balaban J connectivity index is 1.74. The maximum atomic E-state index is 12.9. The fraction of sp³-hybridized carbons (Fsp3) is 0.200. The highest BCUT2D eigenvalue weighted by Crippen LogP contribution is 2.35. The van der Waals surface area contributed by atoms with Crippen LogP contribution in [0.2, 0.25) is 20.1 Å². The first-order valence-electron chi connectivity index (χ1n) is 9.30. The largest absolute Gasteiger partial charge is 0.333 e. The van der Waals surface area contributed by atoms with Gasteiger partial charge in [0.25, 0.3) is 11.8 Å². The van der Waals surface area contributed by atoms with E-state index in [2.05, 4.69) is 0 Å². The van der Waals surface area contributed by atoms with E-state index >= 15 is 0 Å². The van der Waals surface area contributed by atoms with Gasteiger partial charge in [-0.05, 0) is 36.4 Å². The third-order valence-corrected chi connectivity index (χ3v) is 6.64. The van der Waals surface area contributed by atoms with Crippen molar-refractivity contribution in [2.75, 3.05) is 23.9 Å². The molecule has 0 saturated carbocycles. The van der Waals surface area contributed by atoms with Crippen LogP contribution >= 0.6 is 46.4 Å². The highest BCUT2D eigenvalue weighted by atomic mass is 35.5. The van der Waals surface area contributed by atoms with Crippen molar-refractivity contribution in [1.82, 2.24) is 9.80 Å². The molecule has 0 aliphatic carbocycles. The molecule has 2 atom stereocenters. The predicted molar refractivity (Wildman–Crippen MR) is 123 cm³/mol. The smallest absolute Gasteiger partial charge is 0.315 e. The van der Waals surface area contributed by atoms with E-state index < -0.39 is 36.3 Å². The summed E-state index contributed by atoms with van der Waals surface area (Å²) in [4.78, 5) is 55.1. The number of imide groups is 2. The number of hydrogen-bond donors (Lipinski definition) is 0. The number of halogens is 4. The Morgan fingerprint density at radius 1 is 0.636 bits per heavy atom. The molecular formula is C20H14Cl4N4O5. The SMILES string of the molecule is CN1C(=O)[C@@H](O[C@H]2C(=O)N(C)C(=O)N2c2ccc(Cl)c(Cl)c2)N(c2ccc(Cl)c(Cl)c2)C1=O. The van der Waals surface area contributed by atoms with E-state index in [0.29, 0.717) is 0 Å². The number of urea groups is 2. The number of anilines is 2. The molecule has 0 radical (unpaired) electrons. The lowest BCUT2D eigenvalue weighted by Crippen LogP contribution is -2.46. The van der Waals surface area contributed by atoms with Gasteiger partial charge in [-0.1, -0.05) is 46.4 Å². The number of nitrogens with zero attached hydrogens (tertiary/aromatic N) is 4. The van der Waals surface area contributed by atoms with E-state index in [1.807, 2.05) is 0 Å². The average Bonchev–Trinajstić information content (AvgIpc) is 3.12. The summed E-state index contributed by atoms with van der Waals surface area (Å²) in [6.07, 6.45) is -3.11. The zero-order valence-corrected chi connectivity index (χ0v) is 20.0. The van der Waals surface area contributed by atoms with Crippen LogP contribution < -0.4 is 9.80 Å². The number of likely N-dealkylation sites (N-methyl/N-ethyl adjacent to an activating group) is 2. The van der Waals surface area contributed by atoms with Crippen molar-refractivity contribution >= 4 is 81.7 Å². The van der Waals surface area contributed by atoms with Crippen LogP contribution in [-0.2, 0) is 14.3 Å². The van der Waals surface area contributed by atoms with Crippen LogP contribution in [0.15, 0.2) is 36.4 Å². The molecule has 33 heavy (non-hydrogen) atoms. The topological polar surface area (TPSA) is 90.5 Å². The van der Waals surface area contributed by atoms with E-state index in [1.165, 1.54) is 50.5 Å². The first kappa shape index (κ1) is 23.6. The lowest BCUT2D eigenvalue weighted by Gasteiger charge is -2.28. The van der Waals surface area contributed by atoms with Crippen LogP contribution in [-0.4, -0.2) is 60.2 Å². The van der Waals surface area contributed by atoms with Crippen molar-refractivity contribution in [2.24, 2.45) is 0 Å². The number of hydrogen-bond acceptors (Lipinski definition) is 5. The zero-order chi connectivity index (χ0) is 24.2. The van der Waals surface area contributed by atoms with Crippen molar-refractivity contribution in [3.63, 3.8) is 0 Å². The Labute approximate surface area is 207 Å². The van der Waals surface area contributed by atoms with Crippen molar-refractivity contribution in [2.45, 2.75) is 12.5 Å². The first-order chi connectivity index (χ1) is 15.5. The molecule has 2 aliphatic heterocycles. The molecule has 9 nitrogen and oxygen atoms in total. The summed E-state index contributed by atoms with van der Waals surface area (Å²) >= 11 is 24.1. The Hall–Kier alpha value is -2.56. The molecule has 2 heterocycles. The van der Waals surface area contributed by atoms with Crippen LogP contribution in [0.25, 0.3) is 0 Å². The van der Waals surface area contributed by atoms with Gasteiger partial charge >= 0.3 is 12.1 Å². The first-order valence-corrected chi connectivity index (χ1v) is 10.8. The van der Waals surface area contributed by atoms with Crippen LogP contribution in [0.4, 0.5) is 21.0 Å². The average molecular weight is 532 g/mol. The molecule has 2 aliphatic rings. The molecule has 13 heteroatoms. The van der Waals surface area contributed by atoms with Gasteiger partial charge in [0.2, 0.25) is 12.5 Å². The van der Waals surface area contributed by atoms with Gasteiger partial charge in [0.15, 0.2) is 0 Å². The number of rotatable bonds is 4. The van der Waals surface area contributed by atoms with Gasteiger partial charge in [0, 0.05) is 14.1 Å². The van der Waals surface area contributed by atoms with Crippen molar-refractivity contribution in [3.05, 3.63) is 56.5 Å². The fourth-order valence-electron chi connectivity index (χ4n) is 3.39. The van der Waals surface area contributed by atoms with E-state index in [9.17, 15) is 19.2 Å². The van der Waals surface area contributed by atoms with Crippen LogP contribution in [0.5, 0.6) is 0 Å². The van der Waals surface area contributed by atoms with E-state index in [0.717, 1.165) is 19.6 Å². The molecule has 0 spiro atoms. The summed E-state index contributed by atoms with van der Waals surface area (Å²) in [5, 5.41) is 0.778.